The van der Waals surface area contributed by atoms with Crippen molar-refractivity contribution in [2.45, 2.75) is 9.92 Å². The van der Waals surface area contributed by atoms with E-state index in [0.29, 0.717) is 5.56 Å². The molecule has 0 unspecified atom stereocenters. The van der Waals surface area contributed by atoms with Gasteiger partial charge in [0.15, 0.2) is 0 Å². The summed E-state index contributed by atoms with van der Waals surface area (Å²) in [6, 6.07) is 19.9. The minimum atomic E-state index is 0.709. The molecule has 0 atom stereocenters. The second kappa shape index (κ2) is 5.13. The normalized spacial score (nSPS) is 10.3. The van der Waals surface area contributed by atoms with E-state index in [1.54, 1.807) is 18.0 Å². The third-order valence-corrected chi connectivity index (χ3v) is 3.88. The topological polar surface area (TPSA) is 36.7 Å². The molecule has 19 heavy (non-hydrogen) atoms. The fourth-order valence-electron chi connectivity index (χ4n) is 1.98. The number of nitrogens with zero attached hydrogens (tertiary/aromatic N) is 2. The lowest BCUT2D eigenvalue weighted by Crippen LogP contribution is -1.84. The maximum Gasteiger partial charge on any atom is 0.101 e. The van der Waals surface area contributed by atoms with Gasteiger partial charge in [0.05, 0.1) is 11.6 Å². The van der Waals surface area contributed by atoms with E-state index in [-0.39, 0.29) is 0 Å². The van der Waals surface area contributed by atoms with Gasteiger partial charge in [-0.3, -0.25) is 0 Å². The van der Waals surface area contributed by atoms with E-state index < -0.39 is 0 Å². The minimum Gasteiger partial charge on any atom is -0.250 e. The predicted octanol–water partition coefficient (Wildman–Crippen LogP) is 4.26. The average Bonchev–Trinajstić information content (AvgIpc) is 2.49. The smallest absolute Gasteiger partial charge is 0.101 e. The molecule has 0 bridgehead atoms. The molecule has 2 aromatic carbocycles. The van der Waals surface area contributed by atoms with Crippen molar-refractivity contribution in [2.75, 3.05) is 0 Å². The zero-order chi connectivity index (χ0) is 13.1. The molecule has 1 heterocycles. The van der Waals surface area contributed by atoms with Crippen LogP contribution in [0.5, 0.6) is 0 Å². The Morgan fingerprint density at radius 2 is 1.68 bits per heavy atom. The molecule has 0 aliphatic carbocycles. The number of rotatable bonds is 2. The summed E-state index contributed by atoms with van der Waals surface area (Å²) in [7, 11) is 0. The van der Waals surface area contributed by atoms with Crippen LogP contribution >= 0.6 is 11.8 Å². The van der Waals surface area contributed by atoms with Crippen molar-refractivity contribution in [1.29, 1.82) is 5.26 Å². The van der Waals surface area contributed by atoms with Crippen molar-refractivity contribution in [3.63, 3.8) is 0 Å². The van der Waals surface area contributed by atoms with Gasteiger partial charge in [0.1, 0.15) is 5.03 Å². The van der Waals surface area contributed by atoms with Crippen molar-refractivity contribution in [2.24, 2.45) is 0 Å². The quantitative estimate of drug-likeness (QED) is 0.692. The van der Waals surface area contributed by atoms with Crippen molar-refractivity contribution >= 4 is 22.5 Å². The predicted molar refractivity (Wildman–Crippen MR) is 77.0 cm³/mol. The molecule has 0 aliphatic heterocycles. The van der Waals surface area contributed by atoms with Crippen LogP contribution in [0.25, 0.3) is 10.8 Å². The number of nitriles is 1. The summed E-state index contributed by atoms with van der Waals surface area (Å²) in [5, 5.41) is 12.2. The summed E-state index contributed by atoms with van der Waals surface area (Å²) >= 11 is 1.62. The van der Waals surface area contributed by atoms with Crippen molar-refractivity contribution in [3.05, 3.63) is 66.4 Å². The molecule has 3 rings (SSSR count). The molecule has 0 amide bonds. The molecule has 0 radical (unpaired) electrons. The zero-order valence-electron chi connectivity index (χ0n) is 10.1. The fraction of sp³-hybridized carbons (Fsp3) is 0. The Bertz CT molecular complexity index is 761. The lowest BCUT2D eigenvalue weighted by atomic mass is 10.1. The number of hydrogen-bond acceptors (Lipinski definition) is 3. The molecule has 0 fully saturated rings. The molecule has 3 aromatic rings. The SMILES string of the molecule is N#Cc1ccc(Sc2ccccn2)c2ccccc12. The van der Waals surface area contributed by atoms with E-state index >= 15 is 0 Å². The average molecular weight is 262 g/mol. The van der Waals surface area contributed by atoms with E-state index in [9.17, 15) is 0 Å². The highest BCUT2D eigenvalue weighted by atomic mass is 32.2. The van der Waals surface area contributed by atoms with Gasteiger partial charge < -0.3 is 0 Å². The van der Waals surface area contributed by atoms with Crippen molar-refractivity contribution < 1.29 is 0 Å². The van der Waals surface area contributed by atoms with E-state index in [4.69, 9.17) is 5.26 Å². The first-order valence-corrected chi connectivity index (χ1v) is 6.71. The van der Waals surface area contributed by atoms with Gasteiger partial charge >= 0.3 is 0 Å². The Morgan fingerprint density at radius 3 is 2.42 bits per heavy atom. The third kappa shape index (κ3) is 2.31. The molecular weight excluding hydrogens is 252 g/mol. The standard InChI is InChI=1S/C16H10N2S/c17-11-12-8-9-15(14-6-2-1-5-13(12)14)19-16-7-3-4-10-18-16/h1-10H. The van der Waals surface area contributed by atoms with Gasteiger partial charge in [-0.25, -0.2) is 4.98 Å². The van der Waals surface area contributed by atoms with Crippen molar-refractivity contribution in [3.8, 4) is 6.07 Å². The molecule has 0 saturated carbocycles. The molecule has 0 aliphatic rings. The molecule has 2 nitrogen and oxygen atoms in total. The van der Waals surface area contributed by atoms with Crippen LogP contribution in [-0.2, 0) is 0 Å². The summed E-state index contributed by atoms with van der Waals surface area (Å²) < 4.78 is 0. The highest BCUT2D eigenvalue weighted by molar-refractivity contribution is 7.99. The van der Waals surface area contributed by atoms with Gasteiger partial charge in [-0.2, -0.15) is 5.26 Å². The number of hydrogen-bond donors (Lipinski definition) is 0. The summed E-state index contributed by atoms with van der Waals surface area (Å²) in [6.45, 7) is 0. The van der Waals surface area contributed by atoms with Crippen LogP contribution in [0.3, 0.4) is 0 Å². The zero-order valence-corrected chi connectivity index (χ0v) is 10.9. The third-order valence-electron chi connectivity index (χ3n) is 2.86. The van der Waals surface area contributed by atoms with Gasteiger partial charge in [0.25, 0.3) is 0 Å². The van der Waals surface area contributed by atoms with E-state index in [1.807, 2.05) is 54.6 Å². The summed E-state index contributed by atoms with van der Waals surface area (Å²) in [4.78, 5) is 5.44. The summed E-state index contributed by atoms with van der Waals surface area (Å²) in [5.74, 6) is 0. The molecule has 0 saturated heterocycles. The summed E-state index contributed by atoms with van der Waals surface area (Å²) in [5.41, 5.74) is 0.709. The maximum atomic E-state index is 9.15. The largest absolute Gasteiger partial charge is 0.250 e. The van der Waals surface area contributed by atoms with E-state index in [0.717, 1.165) is 20.7 Å². The van der Waals surface area contributed by atoms with Gasteiger partial charge in [-0.1, -0.05) is 42.1 Å². The van der Waals surface area contributed by atoms with E-state index in [1.165, 1.54) is 0 Å². The van der Waals surface area contributed by atoms with Crippen LogP contribution < -0.4 is 0 Å². The van der Waals surface area contributed by atoms with Gasteiger partial charge in [-0.05, 0) is 29.7 Å². The Hall–Kier alpha value is -2.31. The lowest BCUT2D eigenvalue weighted by molar-refractivity contribution is 1.13. The monoisotopic (exact) mass is 262 g/mol. The number of fused-ring (bicyclic) bond motifs is 1. The minimum absolute atomic E-state index is 0.709. The molecule has 3 heteroatoms. The first-order valence-electron chi connectivity index (χ1n) is 5.89. The number of pyridine rings is 1. The Labute approximate surface area is 115 Å². The Balaban J connectivity index is 2.13. The van der Waals surface area contributed by atoms with Crippen LogP contribution in [-0.4, -0.2) is 4.98 Å². The first kappa shape index (κ1) is 11.8. The maximum absolute atomic E-state index is 9.15. The van der Waals surface area contributed by atoms with Gasteiger partial charge in [0.2, 0.25) is 0 Å². The molecule has 90 valence electrons. The highest BCUT2D eigenvalue weighted by Gasteiger charge is 2.06. The molecule has 0 spiro atoms. The van der Waals surface area contributed by atoms with Crippen LogP contribution in [0.1, 0.15) is 5.56 Å². The van der Waals surface area contributed by atoms with E-state index in [2.05, 4.69) is 11.1 Å². The highest BCUT2D eigenvalue weighted by Crippen LogP contribution is 2.33. The second-order valence-corrected chi connectivity index (χ2v) is 5.10. The Morgan fingerprint density at radius 1 is 0.895 bits per heavy atom. The molecule has 1 aromatic heterocycles. The lowest BCUT2D eigenvalue weighted by Gasteiger charge is -2.06. The molecular formula is C16H10N2S. The van der Waals surface area contributed by atoms with Gasteiger partial charge in [0, 0.05) is 16.5 Å². The Kier molecular flexibility index (Phi) is 3.18. The molecule has 0 N–H and O–H groups in total. The van der Waals surface area contributed by atoms with Gasteiger partial charge in [-0.15, -0.1) is 0 Å². The van der Waals surface area contributed by atoms with Crippen LogP contribution in [0, 0.1) is 11.3 Å². The number of aromatic nitrogens is 1. The first-order chi connectivity index (χ1) is 9.38. The van der Waals surface area contributed by atoms with Crippen LogP contribution in [0.4, 0.5) is 0 Å². The summed E-state index contributed by atoms with van der Waals surface area (Å²) in [6.07, 6.45) is 1.79. The van der Waals surface area contributed by atoms with Crippen LogP contribution in [0.2, 0.25) is 0 Å². The van der Waals surface area contributed by atoms with Crippen LogP contribution in [0.15, 0.2) is 70.7 Å². The number of benzene rings is 2. The fourth-order valence-corrected chi connectivity index (χ4v) is 2.89. The van der Waals surface area contributed by atoms with Crippen molar-refractivity contribution in [1.82, 2.24) is 4.98 Å². The second-order valence-electron chi connectivity index (χ2n) is 4.04.